The third kappa shape index (κ3) is 4.31. The third-order valence-electron chi connectivity index (χ3n) is 11.3. The first-order valence-electron chi connectivity index (χ1n) is 14.9. The fourth-order valence-corrected chi connectivity index (χ4v) is 9.17. The predicted octanol–water partition coefficient (Wildman–Crippen LogP) is 8.10. The van der Waals surface area contributed by atoms with Crippen molar-refractivity contribution in [2.24, 2.45) is 40.4 Å². The van der Waals surface area contributed by atoms with Crippen LogP contribution in [0.2, 0.25) is 0 Å². The first kappa shape index (κ1) is 25.8. The predicted molar refractivity (Wildman–Crippen MR) is 147 cm³/mol. The normalized spacial score (nSPS) is 36.4. The second-order valence-corrected chi connectivity index (χ2v) is 13.7. The largest absolute Gasteiger partial charge is 0.545 e. The molecule has 0 spiro atoms. The van der Waals surface area contributed by atoms with Crippen molar-refractivity contribution in [2.45, 2.75) is 105 Å². The van der Waals surface area contributed by atoms with Crippen LogP contribution in [-0.4, -0.2) is 5.97 Å². The molecule has 7 unspecified atom stereocenters. The Labute approximate surface area is 219 Å². The lowest BCUT2D eigenvalue weighted by Gasteiger charge is -2.57. The second-order valence-electron chi connectivity index (χ2n) is 13.7. The van der Waals surface area contributed by atoms with Crippen molar-refractivity contribution < 1.29 is 9.90 Å². The number of aromatic carboxylic acids is 1. The summed E-state index contributed by atoms with van der Waals surface area (Å²) in [5.41, 5.74) is 5.50. The van der Waals surface area contributed by atoms with Gasteiger partial charge in [0.15, 0.2) is 0 Å². The quantitative estimate of drug-likeness (QED) is 0.390. The molecule has 2 fully saturated rings. The van der Waals surface area contributed by atoms with Gasteiger partial charge in [0, 0.05) is 5.56 Å². The van der Waals surface area contributed by atoms with E-state index in [1.807, 2.05) is 18.2 Å². The molecule has 4 aliphatic rings. The van der Waals surface area contributed by atoms with Gasteiger partial charge in [0.25, 0.3) is 0 Å². The fourth-order valence-electron chi connectivity index (χ4n) is 9.17. The Bertz CT molecular complexity index is 1050. The summed E-state index contributed by atoms with van der Waals surface area (Å²) >= 11 is 0. The van der Waals surface area contributed by atoms with Crippen LogP contribution in [0.5, 0.6) is 0 Å². The fraction of sp³-hybridized carbons (Fsp3) is 0.676. The molecular weight excluding hydrogens is 440 g/mol. The highest BCUT2D eigenvalue weighted by Crippen LogP contribution is 2.66. The van der Waals surface area contributed by atoms with Crippen LogP contribution in [0.15, 0.2) is 47.6 Å². The van der Waals surface area contributed by atoms with E-state index < -0.39 is 5.97 Å². The van der Waals surface area contributed by atoms with E-state index in [4.69, 9.17) is 0 Å². The second kappa shape index (κ2) is 9.80. The number of rotatable bonds is 7. The zero-order valence-electron chi connectivity index (χ0n) is 23.3. The zero-order valence-corrected chi connectivity index (χ0v) is 23.3. The van der Waals surface area contributed by atoms with Gasteiger partial charge in [-0.05, 0) is 108 Å². The minimum absolute atomic E-state index is 0.333. The van der Waals surface area contributed by atoms with Gasteiger partial charge in [-0.2, -0.15) is 0 Å². The lowest BCUT2D eigenvalue weighted by molar-refractivity contribution is -0.255. The van der Waals surface area contributed by atoms with Crippen molar-refractivity contribution in [1.82, 2.24) is 0 Å². The molecule has 4 aliphatic carbocycles. The maximum Gasteiger partial charge on any atom is 0.0718 e. The van der Waals surface area contributed by atoms with Crippen LogP contribution in [0.1, 0.15) is 121 Å². The topological polar surface area (TPSA) is 40.1 Å². The molecule has 0 aromatic heterocycles. The summed E-state index contributed by atoms with van der Waals surface area (Å²) in [6.45, 7) is 12.4. The number of allylic oxidation sites excluding steroid dienone is 4. The smallest absolute Gasteiger partial charge is 0.0718 e. The lowest BCUT2D eigenvalue weighted by atomic mass is 9.48. The van der Waals surface area contributed by atoms with E-state index in [9.17, 15) is 9.90 Å². The summed E-state index contributed by atoms with van der Waals surface area (Å²) < 4.78 is 0. The maximum absolute atomic E-state index is 11.8. The molecule has 2 nitrogen and oxygen atoms in total. The van der Waals surface area contributed by atoms with Crippen LogP contribution in [0, 0.1) is 40.4 Å². The van der Waals surface area contributed by atoms with Gasteiger partial charge >= 0.3 is 0 Å². The third-order valence-corrected chi connectivity index (χ3v) is 11.3. The van der Waals surface area contributed by atoms with Gasteiger partial charge in [0.2, 0.25) is 0 Å². The van der Waals surface area contributed by atoms with Crippen molar-refractivity contribution in [3.63, 3.8) is 0 Å². The molecule has 5 rings (SSSR count). The minimum atomic E-state index is -1.03. The van der Waals surface area contributed by atoms with Gasteiger partial charge in [0.05, 0.1) is 5.97 Å². The summed E-state index contributed by atoms with van der Waals surface area (Å²) in [4.78, 5) is 11.8. The highest BCUT2D eigenvalue weighted by molar-refractivity contribution is 5.87. The Hall–Kier alpha value is -1.83. The number of benzene rings is 1. The van der Waals surface area contributed by atoms with E-state index in [-0.39, 0.29) is 0 Å². The SMILES string of the molecule is CC(C)CCCC(C)C1CC=C2C3=CCC4CC(c5ccccc5C(=O)[O-])CCC4(C)C3CCC21C. The molecule has 196 valence electrons. The average Bonchev–Trinajstić information content (AvgIpc) is 3.20. The van der Waals surface area contributed by atoms with Crippen LogP contribution in [-0.2, 0) is 0 Å². The molecule has 1 aromatic rings. The molecular formula is C34H47O2-. The summed E-state index contributed by atoms with van der Waals surface area (Å²) in [5.74, 6) is 3.01. The number of carboxylic acids is 1. The average molecular weight is 488 g/mol. The molecule has 0 N–H and O–H groups in total. The van der Waals surface area contributed by atoms with Crippen molar-refractivity contribution >= 4 is 5.97 Å². The summed E-state index contributed by atoms with van der Waals surface area (Å²) in [5, 5.41) is 11.8. The molecule has 7 atom stereocenters. The Morgan fingerprint density at radius 3 is 2.56 bits per heavy atom. The van der Waals surface area contributed by atoms with Crippen LogP contribution < -0.4 is 5.11 Å². The summed E-state index contributed by atoms with van der Waals surface area (Å²) in [7, 11) is 0. The number of carboxylic acid groups (broad SMARTS) is 1. The molecule has 0 aliphatic heterocycles. The van der Waals surface area contributed by atoms with Gasteiger partial charge in [-0.3, -0.25) is 0 Å². The first-order chi connectivity index (χ1) is 17.1. The first-order valence-corrected chi connectivity index (χ1v) is 14.9. The van der Waals surface area contributed by atoms with E-state index in [1.165, 1.54) is 44.9 Å². The highest BCUT2D eigenvalue weighted by atomic mass is 16.4. The molecule has 0 saturated heterocycles. The zero-order chi connectivity index (χ0) is 25.7. The Kier molecular flexibility index (Phi) is 7.03. The standard InChI is InChI=1S/C34H48O2/c1-22(2)9-8-10-23(3)29-15-16-30-28-14-13-25-21-24(26-11-6-7-12-27(26)32(35)36)17-19-33(25,4)31(28)18-20-34(29,30)5/h6-7,11-12,14,16,22-25,29,31H,8-10,13,15,17-21H2,1-5H3,(H,35,36)/p-1. The Balaban J connectivity index is 1.33. The van der Waals surface area contributed by atoms with Crippen molar-refractivity contribution in [1.29, 1.82) is 0 Å². The van der Waals surface area contributed by atoms with Crippen molar-refractivity contribution in [2.75, 3.05) is 0 Å². The molecule has 1 aromatic carbocycles. The van der Waals surface area contributed by atoms with Crippen LogP contribution in [0.25, 0.3) is 0 Å². The molecule has 2 heteroatoms. The lowest BCUT2D eigenvalue weighted by Crippen LogP contribution is -2.47. The number of fused-ring (bicyclic) bond motifs is 5. The molecule has 0 amide bonds. The Morgan fingerprint density at radius 1 is 1.03 bits per heavy atom. The summed E-state index contributed by atoms with van der Waals surface area (Å²) in [6.07, 6.45) is 17.8. The molecule has 0 radical (unpaired) electrons. The summed E-state index contributed by atoms with van der Waals surface area (Å²) in [6, 6.07) is 7.57. The van der Waals surface area contributed by atoms with E-state index in [0.717, 1.165) is 42.6 Å². The van der Waals surface area contributed by atoms with Gasteiger partial charge in [0.1, 0.15) is 0 Å². The van der Waals surface area contributed by atoms with Gasteiger partial charge in [-0.15, -0.1) is 0 Å². The number of carbonyl (C=O) groups excluding carboxylic acids is 1. The molecule has 0 bridgehead atoms. The van der Waals surface area contributed by atoms with Crippen molar-refractivity contribution in [3.8, 4) is 0 Å². The van der Waals surface area contributed by atoms with E-state index in [0.29, 0.717) is 34.1 Å². The highest BCUT2D eigenvalue weighted by Gasteiger charge is 2.55. The number of carbonyl (C=O) groups is 1. The molecule has 2 saturated carbocycles. The monoisotopic (exact) mass is 487 g/mol. The molecule has 0 heterocycles. The van der Waals surface area contributed by atoms with Crippen LogP contribution in [0.4, 0.5) is 0 Å². The Morgan fingerprint density at radius 2 is 1.81 bits per heavy atom. The van der Waals surface area contributed by atoms with Crippen LogP contribution in [0.3, 0.4) is 0 Å². The van der Waals surface area contributed by atoms with Gasteiger partial charge < -0.3 is 9.90 Å². The van der Waals surface area contributed by atoms with E-state index in [1.54, 1.807) is 17.2 Å². The molecule has 36 heavy (non-hydrogen) atoms. The van der Waals surface area contributed by atoms with Gasteiger partial charge in [-0.1, -0.05) is 90.3 Å². The maximum atomic E-state index is 11.8. The minimum Gasteiger partial charge on any atom is -0.545 e. The van der Waals surface area contributed by atoms with Gasteiger partial charge in [-0.25, -0.2) is 0 Å². The van der Waals surface area contributed by atoms with E-state index in [2.05, 4.69) is 46.8 Å². The number of hydrogen-bond acceptors (Lipinski definition) is 2. The van der Waals surface area contributed by atoms with E-state index >= 15 is 0 Å². The van der Waals surface area contributed by atoms with Crippen molar-refractivity contribution in [3.05, 3.63) is 58.7 Å². The van der Waals surface area contributed by atoms with Crippen LogP contribution >= 0.6 is 0 Å². The number of hydrogen-bond donors (Lipinski definition) is 0.